The van der Waals surface area contributed by atoms with Crippen molar-refractivity contribution in [3.8, 4) is 0 Å². The quantitative estimate of drug-likeness (QED) is 0.933. The molecule has 0 aliphatic heterocycles. The summed E-state index contributed by atoms with van der Waals surface area (Å²) in [6.45, 7) is 4.32. The maximum Gasteiger partial charge on any atom is 0.287 e. The summed E-state index contributed by atoms with van der Waals surface area (Å²) < 4.78 is 5.01. The van der Waals surface area contributed by atoms with Crippen molar-refractivity contribution in [2.24, 2.45) is 0 Å². The van der Waals surface area contributed by atoms with Crippen LogP contribution in [0.3, 0.4) is 0 Å². The zero-order valence-electron chi connectivity index (χ0n) is 9.41. The van der Waals surface area contributed by atoms with Gasteiger partial charge in [0.15, 0.2) is 11.0 Å². The Balaban J connectivity index is 1.99. The number of rotatable bonds is 3. The molecule has 0 unspecified atom stereocenters. The topological polar surface area (TPSA) is 55.1 Å². The Bertz CT molecular complexity index is 547. The molecule has 2 rings (SSSR count). The molecule has 0 bridgehead atoms. The van der Waals surface area contributed by atoms with E-state index in [1.807, 2.05) is 13.8 Å². The van der Waals surface area contributed by atoms with Gasteiger partial charge in [0.25, 0.3) is 5.91 Å². The summed E-state index contributed by atoms with van der Waals surface area (Å²) in [4.78, 5) is 17.0. The Morgan fingerprint density at radius 3 is 2.82 bits per heavy atom. The SMILES string of the molecule is Cc1nc(C)c(CNC(=O)c2ccc(Cl)o2)s1. The monoisotopic (exact) mass is 270 g/mol. The van der Waals surface area contributed by atoms with Gasteiger partial charge in [-0.15, -0.1) is 11.3 Å². The van der Waals surface area contributed by atoms with Crippen molar-refractivity contribution in [3.63, 3.8) is 0 Å². The molecule has 1 N–H and O–H groups in total. The van der Waals surface area contributed by atoms with E-state index < -0.39 is 0 Å². The first-order valence-corrected chi connectivity index (χ1v) is 6.22. The van der Waals surface area contributed by atoms with Gasteiger partial charge in [0.2, 0.25) is 0 Å². The first-order chi connectivity index (χ1) is 8.06. The maximum atomic E-state index is 11.7. The summed E-state index contributed by atoms with van der Waals surface area (Å²) in [7, 11) is 0. The Hall–Kier alpha value is -1.33. The van der Waals surface area contributed by atoms with Crippen molar-refractivity contribution in [1.82, 2.24) is 10.3 Å². The minimum atomic E-state index is -0.276. The van der Waals surface area contributed by atoms with Crippen LogP contribution in [0.15, 0.2) is 16.5 Å². The largest absolute Gasteiger partial charge is 0.440 e. The molecule has 90 valence electrons. The Labute approximate surface area is 108 Å². The van der Waals surface area contributed by atoms with Gasteiger partial charge in [-0.2, -0.15) is 0 Å². The van der Waals surface area contributed by atoms with Crippen LogP contribution in [0.4, 0.5) is 0 Å². The van der Waals surface area contributed by atoms with E-state index in [2.05, 4.69) is 10.3 Å². The lowest BCUT2D eigenvalue weighted by Gasteiger charge is -2.01. The van der Waals surface area contributed by atoms with Crippen LogP contribution in [0, 0.1) is 13.8 Å². The normalized spacial score (nSPS) is 10.5. The molecule has 0 radical (unpaired) electrons. The predicted molar refractivity (Wildman–Crippen MR) is 66.5 cm³/mol. The number of nitrogens with one attached hydrogen (secondary N) is 1. The van der Waals surface area contributed by atoms with E-state index in [0.717, 1.165) is 15.6 Å². The van der Waals surface area contributed by atoms with Crippen LogP contribution < -0.4 is 5.32 Å². The van der Waals surface area contributed by atoms with Crippen LogP contribution >= 0.6 is 22.9 Å². The number of furan rings is 1. The van der Waals surface area contributed by atoms with E-state index in [4.69, 9.17) is 16.0 Å². The standard InChI is InChI=1S/C11H11ClN2O2S/c1-6-9(17-7(2)14-6)5-13-11(15)8-3-4-10(12)16-8/h3-4H,5H2,1-2H3,(H,13,15). The summed E-state index contributed by atoms with van der Waals surface area (Å²) in [6.07, 6.45) is 0. The molecule has 17 heavy (non-hydrogen) atoms. The zero-order valence-corrected chi connectivity index (χ0v) is 11.0. The van der Waals surface area contributed by atoms with E-state index in [-0.39, 0.29) is 16.9 Å². The third-order valence-corrected chi connectivity index (χ3v) is 3.48. The van der Waals surface area contributed by atoms with Crippen LogP contribution in [-0.4, -0.2) is 10.9 Å². The number of nitrogens with zero attached hydrogens (tertiary/aromatic N) is 1. The lowest BCUT2D eigenvalue weighted by Crippen LogP contribution is -2.22. The number of aromatic nitrogens is 1. The lowest BCUT2D eigenvalue weighted by atomic mass is 10.3. The second kappa shape index (κ2) is 4.89. The van der Waals surface area contributed by atoms with Crippen LogP contribution in [0.1, 0.15) is 26.1 Å². The molecule has 4 nitrogen and oxygen atoms in total. The van der Waals surface area contributed by atoms with Crippen molar-refractivity contribution < 1.29 is 9.21 Å². The van der Waals surface area contributed by atoms with Crippen LogP contribution in [0.5, 0.6) is 0 Å². The summed E-state index contributed by atoms with van der Waals surface area (Å²) in [5.41, 5.74) is 0.949. The lowest BCUT2D eigenvalue weighted by molar-refractivity contribution is 0.0923. The van der Waals surface area contributed by atoms with Gasteiger partial charge in [-0.1, -0.05) is 0 Å². The summed E-state index contributed by atoms with van der Waals surface area (Å²) >= 11 is 7.17. The van der Waals surface area contributed by atoms with Crippen LogP contribution in [0.25, 0.3) is 0 Å². The van der Waals surface area contributed by atoms with Crippen molar-refractivity contribution in [2.75, 3.05) is 0 Å². The average molecular weight is 271 g/mol. The molecule has 0 fully saturated rings. The van der Waals surface area contributed by atoms with Gasteiger partial charge >= 0.3 is 0 Å². The molecule has 6 heteroatoms. The fourth-order valence-electron chi connectivity index (χ4n) is 1.42. The molecule has 2 heterocycles. The van der Waals surface area contributed by atoms with Crippen molar-refractivity contribution in [3.05, 3.63) is 38.7 Å². The first kappa shape index (κ1) is 12.1. The summed E-state index contributed by atoms with van der Waals surface area (Å²) in [5, 5.41) is 3.96. The van der Waals surface area contributed by atoms with Crippen molar-refractivity contribution in [2.45, 2.75) is 20.4 Å². The highest BCUT2D eigenvalue weighted by atomic mass is 35.5. The number of hydrogen-bond acceptors (Lipinski definition) is 4. The Kier molecular flexibility index (Phi) is 3.49. The van der Waals surface area contributed by atoms with Crippen molar-refractivity contribution in [1.29, 1.82) is 0 Å². The van der Waals surface area contributed by atoms with Gasteiger partial charge < -0.3 is 9.73 Å². The molecule has 0 saturated carbocycles. The number of thiazole rings is 1. The summed E-state index contributed by atoms with van der Waals surface area (Å²) in [5.74, 6) is -0.0590. The van der Waals surface area contributed by atoms with E-state index in [0.29, 0.717) is 6.54 Å². The number of carbonyl (C=O) groups is 1. The minimum Gasteiger partial charge on any atom is -0.440 e. The number of amides is 1. The van der Waals surface area contributed by atoms with E-state index >= 15 is 0 Å². The average Bonchev–Trinajstić information content (AvgIpc) is 2.82. The molecular weight excluding hydrogens is 260 g/mol. The van der Waals surface area contributed by atoms with E-state index in [1.165, 1.54) is 0 Å². The van der Waals surface area contributed by atoms with Gasteiger partial charge in [-0.3, -0.25) is 4.79 Å². The van der Waals surface area contributed by atoms with Crippen LogP contribution in [-0.2, 0) is 6.54 Å². The molecule has 0 saturated heterocycles. The molecule has 0 aliphatic carbocycles. The maximum absolute atomic E-state index is 11.7. The predicted octanol–water partition coefficient (Wildman–Crippen LogP) is 2.94. The van der Waals surface area contributed by atoms with Gasteiger partial charge in [-0.05, 0) is 37.6 Å². The van der Waals surface area contributed by atoms with E-state index in [9.17, 15) is 4.79 Å². The molecular formula is C11H11ClN2O2S. The highest BCUT2D eigenvalue weighted by molar-refractivity contribution is 7.11. The van der Waals surface area contributed by atoms with Crippen molar-refractivity contribution >= 4 is 28.8 Å². The zero-order chi connectivity index (χ0) is 12.4. The Morgan fingerprint density at radius 1 is 1.53 bits per heavy atom. The fourth-order valence-corrected chi connectivity index (χ4v) is 2.44. The summed E-state index contributed by atoms with van der Waals surface area (Å²) in [6, 6.07) is 3.08. The molecule has 0 spiro atoms. The van der Waals surface area contributed by atoms with Gasteiger partial charge in [0.05, 0.1) is 17.2 Å². The second-order valence-corrected chi connectivity index (χ2v) is 5.19. The molecule has 1 amide bonds. The molecule has 0 atom stereocenters. The molecule has 0 aliphatic rings. The van der Waals surface area contributed by atoms with Gasteiger partial charge in [-0.25, -0.2) is 4.98 Å². The number of carbonyl (C=O) groups excluding carboxylic acids is 1. The second-order valence-electron chi connectivity index (χ2n) is 3.53. The molecule has 0 aromatic carbocycles. The van der Waals surface area contributed by atoms with Crippen LogP contribution in [0.2, 0.25) is 5.22 Å². The first-order valence-electron chi connectivity index (χ1n) is 5.02. The third-order valence-electron chi connectivity index (χ3n) is 2.21. The molecule has 2 aromatic heterocycles. The fraction of sp³-hybridized carbons (Fsp3) is 0.273. The third kappa shape index (κ3) is 2.87. The smallest absolute Gasteiger partial charge is 0.287 e. The number of hydrogen-bond donors (Lipinski definition) is 1. The number of aryl methyl sites for hydroxylation is 2. The minimum absolute atomic E-state index is 0.208. The Morgan fingerprint density at radius 2 is 2.29 bits per heavy atom. The van der Waals surface area contributed by atoms with Gasteiger partial charge in [0, 0.05) is 4.88 Å². The van der Waals surface area contributed by atoms with Gasteiger partial charge in [0.1, 0.15) is 0 Å². The number of halogens is 1. The highest BCUT2D eigenvalue weighted by Gasteiger charge is 2.11. The highest BCUT2D eigenvalue weighted by Crippen LogP contribution is 2.17. The molecule has 2 aromatic rings. The van der Waals surface area contributed by atoms with E-state index in [1.54, 1.807) is 23.5 Å².